The van der Waals surface area contributed by atoms with Crippen LogP contribution in [0.15, 0.2) is 24.3 Å². The average molecular weight is 210 g/mol. The molecule has 0 spiro atoms. The molecule has 3 heteroatoms. The van der Waals surface area contributed by atoms with E-state index in [9.17, 15) is 4.39 Å². The molecule has 3 rings (SSSR count). The van der Waals surface area contributed by atoms with Gasteiger partial charge in [0.05, 0.1) is 7.18 Å². The van der Waals surface area contributed by atoms with Crippen molar-refractivity contribution in [2.24, 2.45) is 5.92 Å². The molecule has 1 aliphatic heterocycles. The highest BCUT2D eigenvalue weighted by atomic mass is 19.1. The van der Waals surface area contributed by atoms with Gasteiger partial charge in [-0.1, -0.05) is 12.1 Å². The van der Waals surface area contributed by atoms with E-state index in [1.807, 2.05) is 24.3 Å². The Hall–Kier alpha value is -1.25. The Balaban J connectivity index is 0.000000404. The van der Waals surface area contributed by atoms with Crippen molar-refractivity contribution in [1.29, 1.82) is 0 Å². The molecule has 1 fully saturated rings. The van der Waals surface area contributed by atoms with E-state index < -0.39 is 0 Å². The summed E-state index contributed by atoms with van der Waals surface area (Å²) in [6.45, 7) is 0.724. The third-order valence-corrected chi connectivity index (χ3v) is 2.68. The largest absolute Gasteiger partial charge is 0.486 e. The van der Waals surface area contributed by atoms with Gasteiger partial charge in [-0.2, -0.15) is 0 Å². The lowest BCUT2D eigenvalue weighted by Crippen LogP contribution is -2.30. The highest BCUT2D eigenvalue weighted by Gasteiger charge is 2.35. The van der Waals surface area contributed by atoms with E-state index in [2.05, 4.69) is 0 Å². The van der Waals surface area contributed by atoms with Gasteiger partial charge in [0.25, 0.3) is 0 Å². The number of ether oxygens (including phenoxy) is 2. The Morgan fingerprint density at radius 2 is 1.80 bits per heavy atom. The normalized spacial score (nSPS) is 22.7. The molecular formula is C12H15FO2. The highest BCUT2D eigenvalue weighted by Crippen LogP contribution is 2.40. The summed E-state index contributed by atoms with van der Waals surface area (Å²) in [5.74, 6) is 2.54. The zero-order chi connectivity index (χ0) is 10.7. The number of para-hydroxylation sites is 2. The highest BCUT2D eigenvalue weighted by molar-refractivity contribution is 5.40. The first-order valence-electron chi connectivity index (χ1n) is 5.20. The van der Waals surface area contributed by atoms with E-state index in [1.54, 1.807) is 0 Å². The first-order chi connectivity index (χ1) is 7.43. The quantitative estimate of drug-likeness (QED) is 0.709. The molecule has 0 bridgehead atoms. The summed E-state index contributed by atoms with van der Waals surface area (Å²) in [5.41, 5.74) is 0. The molecule has 0 saturated heterocycles. The number of alkyl halides is 1. The van der Waals surface area contributed by atoms with Crippen LogP contribution < -0.4 is 9.47 Å². The molecular weight excluding hydrogens is 195 g/mol. The van der Waals surface area contributed by atoms with Crippen molar-refractivity contribution < 1.29 is 13.9 Å². The van der Waals surface area contributed by atoms with E-state index in [-0.39, 0.29) is 0 Å². The lowest BCUT2D eigenvalue weighted by Gasteiger charge is -2.26. The van der Waals surface area contributed by atoms with E-state index >= 15 is 0 Å². The molecule has 0 amide bonds. The minimum absolute atomic E-state index is 0.301. The lowest BCUT2D eigenvalue weighted by atomic mass is 10.2. The molecule has 82 valence electrons. The molecule has 2 aliphatic rings. The molecule has 0 N–H and O–H groups in total. The van der Waals surface area contributed by atoms with Crippen molar-refractivity contribution in [3.05, 3.63) is 24.3 Å². The number of hydrogen-bond donors (Lipinski definition) is 0. The van der Waals surface area contributed by atoms with Crippen LogP contribution in [0.3, 0.4) is 0 Å². The number of hydrogen-bond acceptors (Lipinski definition) is 2. The van der Waals surface area contributed by atoms with Gasteiger partial charge in [-0.05, 0) is 30.9 Å². The predicted octanol–water partition coefficient (Wildman–Crippen LogP) is 2.82. The van der Waals surface area contributed by atoms with Crippen molar-refractivity contribution in [2.45, 2.75) is 18.9 Å². The van der Waals surface area contributed by atoms with Gasteiger partial charge in [-0.3, -0.25) is 4.39 Å². The Bertz CT molecular complexity index is 323. The Labute approximate surface area is 89.0 Å². The minimum Gasteiger partial charge on any atom is -0.486 e. The van der Waals surface area contributed by atoms with Crippen LogP contribution in [0.1, 0.15) is 12.8 Å². The fourth-order valence-corrected chi connectivity index (χ4v) is 1.74. The van der Waals surface area contributed by atoms with Crippen molar-refractivity contribution in [1.82, 2.24) is 0 Å². The van der Waals surface area contributed by atoms with Crippen molar-refractivity contribution in [2.75, 3.05) is 13.8 Å². The van der Waals surface area contributed by atoms with Crippen LogP contribution in [0, 0.1) is 5.92 Å². The topological polar surface area (TPSA) is 18.5 Å². The molecule has 0 aromatic heterocycles. The minimum atomic E-state index is 0.301. The molecule has 0 radical (unpaired) electrons. The van der Waals surface area contributed by atoms with Crippen molar-refractivity contribution >= 4 is 0 Å². The fraction of sp³-hybridized carbons (Fsp3) is 0.500. The Morgan fingerprint density at radius 1 is 1.13 bits per heavy atom. The second-order valence-corrected chi connectivity index (χ2v) is 3.75. The fourth-order valence-electron chi connectivity index (χ4n) is 1.74. The van der Waals surface area contributed by atoms with Gasteiger partial charge in [0.1, 0.15) is 12.7 Å². The first kappa shape index (κ1) is 10.3. The van der Waals surface area contributed by atoms with E-state index in [1.165, 1.54) is 12.8 Å². The Morgan fingerprint density at radius 3 is 2.47 bits per heavy atom. The second kappa shape index (κ2) is 4.51. The summed E-state index contributed by atoms with van der Waals surface area (Å²) in [4.78, 5) is 0. The van der Waals surface area contributed by atoms with Gasteiger partial charge in [-0.25, -0.2) is 0 Å². The van der Waals surface area contributed by atoms with Gasteiger partial charge < -0.3 is 9.47 Å². The maximum atomic E-state index is 9.50. The molecule has 1 unspecified atom stereocenters. The van der Waals surface area contributed by atoms with Crippen LogP contribution >= 0.6 is 0 Å². The van der Waals surface area contributed by atoms with Gasteiger partial charge in [-0.15, -0.1) is 0 Å². The SMILES string of the molecule is CF.c1ccc2c(c1)OCC(C1CC1)O2. The smallest absolute Gasteiger partial charge is 0.161 e. The number of halogens is 1. The average Bonchev–Trinajstić information content (AvgIpc) is 3.15. The zero-order valence-electron chi connectivity index (χ0n) is 8.78. The summed E-state index contributed by atoms with van der Waals surface area (Å²) < 4.78 is 20.9. The van der Waals surface area contributed by atoms with E-state index in [0.717, 1.165) is 24.0 Å². The van der Waals surface area contributed by atoms with Gasteiger partial charge in [0, 0.05) is 0 Å². The van der Waals surface area contributed by atoms with Crippen molar-refractivity contribution in [3.63, 3.8) is 0 Å². The zero-order valence-corrected chi connectivity index (χ0v) is 8.78. The van der Waals surface area contributed by atoms with Crippen LogP contribution in [-0.4, -0.2) is 19.9 Å². The van der Waals surface area contributed by atoms with Crippen LogP contribution in [0.25, 0.3) is 0 Å². The van der Waals surface area contributed by atoms with E-state index in [0.29, 0.717) is 13.3 Å². The van der Waals surface area contributed by atoms with Crippen LogP contribution in [0.2, 0.25) is 0 Å². The molecule has 1 aliphatic carbocycles. The summed E-state index contributed by atoms with van der Waals surface area (Å²) in [5, 5.41) is 0. The van der Waals surface area contributed by atoms with Crippen LogP contribution in [0.4, 0.5) is 4.39 Å². The van der Waals surface area contributed by atoms with Gasteiger partial charge >= 0.3 is 0 Å². The number of benzene rings is 1. The summed E-state index contributed by atoms with van der Waals surface area (Å²) >= 11 is 0. The number of fused-ring (bicyclic) bond motifs is 1. The summed E-state index contributed by atoms with van der Waals surface area (Å²) in [7, 11) is 0.500. The third kappa shape index (κ3) is 2.22. The molecule has 1 aromatic carbocycles. The number of rotatable bonds is 1. The predicted molar refractivity (Wildman–Crippen MR) is 56.1 cm³/mol. The molecule has 2 nitrogen and oxygen atoms in total. The summed E-state index contributed by atoms with van der Waals surface area (Å²) in [6, 6.07) is 7.89. The lowest BCUT2D eigenvalue weighted by molar-refractivity contribution is 0.0757. The first-order valence-corrected chi connectivity index (χ1v) is 5.20. The molecule has 15 heavy (non-hydrogen) atoms. The standard InChI is InChI=1S/C11H12O2.CH3F/c1-2-4-10-9(3-1)12-7-11(13-10)8-5-6-8;1-2/h1-4,8,11H,5-7H2;1H3. The molecule has 1 aromatic rings. The van der Waals surface area contributed by atoms with E-state index in [4.69, 9.17) is 9.47 Å². The summed E-state index contributed by atoms with van der Waals surface area (Å²) in [6.07, 6.45) is 2.90. The maximum Gasteiger partial charge on any atom is 0.161 e. The maximum absolute atomic E-state index is 9.50. The van der Waals surface area contributed by atoms with Crippen molar-refractivity contribution in [3.8, 4) is 11.5 Å². The van der Waals surface area contributed by atoms with Gasteiger partial charge in [0.15, 0.2) is 11.5 Å². The van der Waals surface area contributed by atoms with Crippen LogP contribution in [-0.2, 0) is 0 Å². The molecule has 1 heterocycles. The monoisotopic (exact) mass is 210 g/mol. The molecule has 1 saturated carbocycles. The third-order valence-electron chi connectivity index (χ3n) is 2.68. The Kier molecular flexibility index (Phi) is 3.09. The van der Waals surface area contributed by atoms with Crippen LogP contribution in [0.5, 0.6) is 11.5 Å². The molecule has 1 atom stereocenters. The van der Waals surface area contributed by atoms with Gasteiger partial charge in [0.2, 0.25) is 0 Å². The second-order valence-electron chi connectivity index (χ2n) is 3.75.